The van der Waals surface area contributed by atoms with E-state index < -0.39 is 0 Å². The van der Waals surface area contributed by atoms with E-state index in [4.69, 9.17) is 18.9 Å². The van der Waals surface area contributed by atoms with Crippen LogP contribution in [0.3, 0.4) is 0 Å². The Morgan fingerprint density at radius 3 is 2.42 bits per heavy atom. The van der Waals surface area contributed by atoms with Crippen LogP contribution in [0.25, 0.3) is 10.4 Å². The first-order valence-corrected chi connectivity index (χ1v) is 9.31. The van der Waals surface area contributed by atoms with Crippen LogP contribution in [-0.4, -0.2) is 64.5 Å². The summed E-state index contributed by atoms with van der Waals surface area (Å²) >= 11 is 1.47. The van der Waals surface area contributed by atoms with Crippen molar-refractivity contribution in [3.8, 4) is 21.9 Å². The summed E-state index contributed by atoms with van der Waals surface area (Å²) in [6.07, 6.45) is 0. The molecule has 0 spiro atoms. The van der Waals surface area contributed by atoms with Crippen LogP contribution in [0.1, 0.15) is 9.67 Å². The minimum absolute atomic E-state index is 0.00658. The van der Waals surface area contributed by atoms with E-state index in [0.717, 1.165) is 21.9 Å². The number of thiophene rings is 1. The number of methoxy groups -OCH3 is 2. The Labute approximate surface area is 157 Å². The Hall–Kier alpha value is -2.09. The number of hydrogen-bond donors (Lipinski definition) is 0. The summed E-state index contributed by atoms with van der Waals surface area (Å²) in [5.74, 6) is 1.50. The lowest BCUT2D eigenvalue weighted by Gasteiger charge is -2.21. The van der Waals surface area contributed by atoms with Crippen LogP contribution < -0.4 is 9.47 Å². The zero-order chi connectivity index (χ0) is 18.4. The number of hydrogen-bond acceptors (Lipinski definition) is 6. The average molecular weight is 377 g/mol. The van der Waals surface area contributed by atoms with Gasteiger partial charge in [-0.05, 0) is 35.9 Å². The van der Waals surface area contributed by atoms with Crippen molar-refractivity contribution in [3.05, 3.63) is 35.2 Å². The quantitative estimate of drug-likeness (QED) is 0.708. The topological polar surface area (TPSA) is 57.2 Å². The number of carbonyl (C=O) groups excluding carboxylic acids is 1. The second-order valence-corrected chi connectivity index (χ2v) is 6.88. The van der Waals surface area contributed by atoms with Crippen molar-refractivity contribution in [3.63, 3.8) is 0 Å². The van der Waals surface area contributed by atoms with E-state index in [2.05, 4.69) is 0 Å². The standard InChI is InChI=1S/C19H23NO5S/c1-22-9-7-20(8-10-23-2)19(21)18-6-5-17(26-18)14-3-4-15-16(13-14)25-12-11-24-15/h3-6,13H,7-12H2,1-2H3. The number of benzene rings is 1. The van der Waals surface area contributed by atoms with Crippen molar-refractivity contribution in [1.82, 2.24) is 4.90 Å². The first kappa shape index (κ1) is 18.7. The van der Waals surface area contributed by atoms with Gasteiger partial charge in [0.2, 0.25) is 0 Å². The van der Waals surface area contributed by atoms with Gasteiger partial charge in [-0.1, -0.05) is 0 Å². The fraction of sp³-hybridized carbons (Fsp3) is 0.421. The summed E-state index contributed by atoms with van der Waals surface area (Å²) < 4.78 is 21.4. The molecule has 0 atom stereocenters. The molecule has 2 heterocycles. The third-order valence-corrected chi connectivity index (χ3v) is 5.18. The molecule has 6 nitrogen and oxygen atoms in total. The number of carbonyl (C=O) groups is 1. The van der Waals surface area contributed by atoms with Crippen LogP contribution in [0.15, 0.2) is 30.3 Å². The Kier molecular flexibility index (Phi) is 6.49. The van der Waals surface area contributed by atoms with Crippen LogP contribution in [-0.2, 0) is 9.47 Å². The molecule has 1 aromatic heterocycles. The van der Waals surface area contributed by atoms with Crippen LogP contribution in [0.5, 0.6) is 11.5 Å². The fourth-order valence-electron chi connectivity index (χ4n) is 2.68. The van der Waals surface area contributed by atoms with Crippen LogP contribution >= 0.6 is 11.3 Å². The molecule has 1 aliphatic rings. The number of rotatable bonds is 8. The second-order valence-electron chi connectivity index (χ2n) is 5.80. The summed E-state index contributed by atoms with van der Waals surface area (Å²) in [4.78, 5) is 16.3. The molecule has 0 bridgehead atoms. The fourth-order valence-corrected chi connectivity index (χ4v) is 3.65. The molecule has 0 unspecified atom stereocenters. The molecule has 0 saturated heterocycles. The summed E-state index contributed by atoms with van der Waals surface area (Å²) in [5, 5.41) is 0. The van der Waals surface area contributed by atoms with Gasteiger partial charge in [0.1, 0.15) is 13.2 Å². The first-order chi connectivity index (χ1) is 12.7. The van der Waals surface area contributed by atoms with Crippen molar-refractivity contribution < 1.29 is 23.7 Å². The lowest BCUT2D eigenvalue weighted by Crippen LogP contribution is -2.36. The molecular formula is C19H23NO5S. The van der Waals surface area contributed by atoms with Crippen molar-refractivity contribution in [2.75, 3.05) is 53.7 Å². The lowest BCUT2D eigenvalue weighted by atomic mass is 10.1. The minimum atomic E-state index is -0.00658. The molecule has 0 fully saturated rings. The summed E-state index contributed by atoms with van der Waals surface area (Å²) in [7, 11) is 3.26. The number of ether oxygens (including phenoxy) is 4. The SMILES string of the molecule is COCCN(CCOC)C(=O)c1ccc(-c2ccc3c(c2)OCCO3)s1. The van der Waals surface area contributed by atoms with E-state index in [0.29, 0.717) is 44.4 Å². The zero-order valence-corrected chi connectivity index (χ0v) is 15.8. The molecule has 1 aliphatic heterocycles. The van der Waals surface area contributed by atoms with E-state index in [1.165, 1.54) is 11.3 Å². The average Bonchev–Trinajstić information content (AvgIpc) is 3.17. The number of nitrogens with zero attached hydrogens (tertiary/aromatic N) is 1. The molecule has 0 N–H and O–H groups in total. The van der Waals surface area contributed by atoms with Gasteiger partial charge in [0, 0.05) is 32.2 Å². The van der Waals surface area contributed by atoms with E-state index >= 15 is 0 Å². The second kappa shape index (κ2) is 9.02. The van der Waals surface area contributed by atoms with Gasteiger partial charge in [-0.3, -0.25) is 4.79 Å². The molecule has 1 amide bonds. The molecule has 7 heteroatoms. The van der Waals surface area contributed by atoms with Crippen LogP contribution in [0.4, 0.5) is 0 Å². The number of amides is 1. The Morgan fingerprint density at radius 2 is 1.73 bits per heavy atom. The summed E-state index contributed by atoms with van der Waals surface area (Å²) in [6.45, 7) is 3.19. The van der Waals surface area contributed by atoms with Gasteiger partial charge in [0.15, 0.2) is 11.5 Å². The molecule has 3 rings (SSSR count). The maximum atomic E-state index is 12.8. The molecule has 26 heavy (non-hydrogen) atoms. The highest BCUT2D eigenvalue weighted by Crippen LogP contribution is 2.37. The first-order valence-electron chi connectivity index (χ1n) is 8.50. The smallest absolute Gasteiger partial charge is 0.264 e. The highest BCUT2D eigenvalue weighted by Gasteiger charge is 2.19. The maximum absolute atomic E-state index is 12.8. The molecular weight excluding hydrogens is 354 g/mol. The van der Waals surface area contributed by atoms with Crippen molar-refractivity contribution in [1.29, 1.82) is 0 Å². The molecule has 0 aliphatic carbocycles. The third kappa shape index (κ3) is 4.35. The predicted molar refractivity (Wildman–Crippen MR) is 100 cm³/mol. The molecule has 0 saturated carbocycles. The molecule has 1 aromatic carbocycles. The minimum Gasteiger partial charge on any atom is -0.486 e. The highest BCUT2D eigenvalue weighted by atomic mass is 32.1. The van der Waals surface area contributed by atoms with Crippen LogP contribution in [0, 0.1) is 0 Å². The largest absolute Gasteiger partial charge is 0.486 e. The summed E-state index contributed by atoms with van der Waals surface area (Å²) in [5.41, 5.74) is 1.01. The van der Waals surface area contributed by atoms with Crippen molar-refractivity contribution in [2.24, 2.45) is 0 Å². The van der Waals surface area contributed by atoms with Crippen LogP contribution in [0.2, 0.25) is 0 Å². The van der Waals surface area contributed by atoms with Gasteiger partial charge in [-0.25, -0.2) is 0 Å². The highest BCUT2D eigenvalue weighted by molar-refractivity contribution is 7.17. The normalized spacial score (nSPS) is 12.8. The summed E-state index contributed by atoms with van der Waals surface area (Å²) in [6, 6.07) is 9.69. The van der Waals surface area contributed by atoms with Gasteiger partial charge in [0.25, 0.3) is 5.91 Å². The van der Waals surface area contributed by atoms with Crippen molar-refractivity contribution in [2.45, 2.75) is 0 Å². The van der Waals surface area contributed by atoms with E-state index in [9.17, 15) is 4.79 Å². The van der Waals surface area contributed by atoms with Gasteiger partial charge in [-0.2, -0.15) is 0 Å². The van der Waals surface area contributed by atoms with E-state index in [1.54, 1.807) is 19.1 Å². The molecule has 2 aromatic rings. The lowest BCUT2D eigenvalue weighted by molar-refractivity contribution is 0.0632. The monoisotopic (exact) mass is 377 g/mol. The Morgan fingerprint density at radius 1 is 1.04 bits per heavy atom. The van der Waals surface area contributed by atoms with Gasteiger partial charge >= 0.3 is 0 Å². The predicted octanol–water partition coefficient (Wildman–Crippen LogP) is 2.92. The Bertz CT molecular complexity index is 737. The van der Waals surface area contributed by atoms with Gasteiger partial charge in [-0.15, -0.1) is 11.3 Å². The molecule has 0 radical (unpaired) electrons. The number of fused-ring (bicyclic) bond motifs is 1. The molecule has 140 valence electrons. The van der Waals surface area contributed by atoms with E-state index in [1.807, 2.05) is 30.3 Å². The van der Waals surface area contributed by atoms with Gasteiger partial charge < -0.3 is 23.8 Å². The third-order valence-electron chi connectivity index (χ3n) is 4.06. The van der Waals surface area contributed by atoms with Gasteiger partial charge in [0.05, 0.1) is 18.1 Å². The zero-order valence-electron chi connectivity index (χ0n) is 15.0. The van der Waals surface area contributed by atoms with Crippen molar-refractivity contribution >= 4 is 17.2 Å². The Balaban J connectivity index is 1.76. The van der Waals surface area contributed by atoms with E-state index in [-0.39, 0.29) is 5.91 Å². The maximum Gasteiger partial charge on any atom is 0.264 e.